The number of ether oxygens (including phenoxy) is 3. The quantitative estimate of drug-likeness (QED) is 0.466. The van der Waals surface area contributed by atoms with Gasteiger partial charge in [-0.25, -0.2) is 0 Å². The van der Waals surface area contributed by atoms with E-state index in [-0.39, 0.29) is 0 Å². The molecule has 0 spiro atoms. The summed E-state index contributed by atoms with van der Waals surface area (Å²) in [4.78, 5) is 0. The maximum atomic E-state index is 5.82. The highest BCUT2D eigenvalue weighted by Crippen LogP contribution is 2.18. The van der Waals surface area contributed by atoms with Gasteiger partial charge in [0, 0.05) is 12.2 Å². The van der Waals surface area contributed by atoms with Crippen LogP contribution >= 0.6 is 0 Å². The lowest BCUT2D eigenvalue weighted by Gasteiger charge is -2.10. The van der Waals surface area contributed by atoms with Crippen molar-refractivity contribution in [3.63, 3.8) is 0 Å². The molecular formula is C24H27NO3. The number of aryl methyl sites for hydroxylation is 1. The van der Waals surface area contributed by atoms with Crippen molar-refractivity contribution in [2.75, 3.05) is 32.2 Å². The molecule has 0 aliphatic heterocycles. The van der Waals surface area contributed by atoms with Crippen LogP contribution in [0.4, 0.5) is 5.69 Å². The zero-order valence-electron chi connectivity index (χ0n) is 16.3. The fraction of sp³-hybridized carbons (Fsp3) is 0.250. The van der Waals surface area contributed by atoms with Gasteiger partial charge in [-0.05, 0) is 66.9 Å². The maximum absolute atomic E-state index is 5.82. The fourth-order valence-electron chi connectivity index (χ4n) is 2.82. The molecule has 0 aliphatic carbocycles. The van der Waals surface area contributed by atoms with Crippen LogP contribution in [0.15, 0.2) is 78.9 Å². The van der Waals surface area contributed by atoms with Gasteiger partial charge in [-0.3, -0.25) is 0 Å². The van der Waals surface area contributed by atoms with Gasteiger partial charge < -0.3 is 19.5 Å². The van der Waals surface area contributed by atoms with E-state index >= 15 is 0 Å². The van der Waals surface area contributed by atoms with Crippen molar-refractivity contribution in [1.29, 1.82) is 0 Å². The molecule has 0 atom stereocenters. The summed E-state index contributed by atoms with van der Waals surface area (Å²) in [6, 6.07) is 26.1. The van der Waals surface area contributed by atoms with Crippen molar-refractivity contribution in [2.45, 2.75) is 12.8 Å². The first kappa shape index (κ1) is 19.6. The minimum atomic E-state index is 0.587. The van der Waals surface area contributed by atoms with Gasteiger partial charge in [-0.2, -0.15) is 0 Å². The monoisotopic (exact) mass is 377 g/mol. The number of rotatable bonds is 11. The Hall–Kier alpha value is -3.14. The van der Waals surface area contributed by atoms with Crippen LogP contribution in [-0.2, 0) is 6.42 Å². The third-order valence-electron chi connectivity index (χ3n) is 4.34. The summed E-state index contributed by atoms with van der Waals surface area (Å²) in [5.41, 5.74) is 2.40. The lowest BCUT2D eigenvalue weighted by Crippen LogP contribution is -2.11. The highest BCUT2D eigenvalue weighted by Gasteiger charge is 1.98. The molecule has 0 heterocycles. The Labute approximate surface area is 167 Å². The molecular weight excluding hydrogens is 350 g/mol. The van der Waals surface area contributed by atoms with Crippen LogP contribution in [0.2, 0.25) is 0 Å². The normalized spacial score (nSPS) is 10.3. The molecule has 3 aromatic carbocycles. The van der Waals surface area contributed by atoms with Gasteiger partial charge in [-0.15, -0.1) is 0 Å². The predicted molar refractivity (Wildman–Crippen MR) is 114 cm³/mol. The molecule has 0 saturated heterocycles. The van der Waals surface area contributed by atoms with Crippen LogP contribution in [-0.4, -0.2) is 26.9 Å². The van der Waals surface area contributed by atoms with Gasteiger partial charge in [0.05, 0.1) is 13.7 Å². The first-order valence-corrected chi connectivity index (χ1v) is 9.61. The standard InChI is InChI=1S/C24H27NO3/c1-26-22-13-15-24(16-14-22)28-19-17-25-21-9-11-23(12-10-21)27-18-5-8-20-6-3-2-4-7-20/h2-4,6-7,9-16,25H,5,8,17-19H2,1H3. The minimum Gasteiger partial charge on any atom is -0.497 e. The third kappa shape index (κ3) is 6.54. The summed E-state index contributed by atoms with van der Waals surface area (Å²) in [7, 11) is 1.65. The van der Waals surface area contributed by atoms with Crippen molar-refractivity contribution in [1.82, 2.24) is 0 Å². The van der Waals surface area contributed by atoms with Crippen LogP contribution in [0.1, 0.15) is 12.0 Å². The second-order valence-corrected chi connectivity index (χ2v) is 6.41. The number of benzene rings is 3. The average molecular weight is 377 g/mol. The van der Waals surface area contributed by atoms with Crippen molar-refractivity contribution in [2.24, 2.45) is 0 Å². The van der Waals surface area contributed by atoms with Crippen LogP contribution in [0.5, 0.6) is 17.2 Å². The lowest BCUT2D eigenvalue weighted by molar-refractivity contribution is 0.311. The Morgan fingerprint density at radius 3 is 1.96 bits per heavy atom. The Balaban J connectivity index is 1.31. The van der Waals surface area contributed by atoms with E-state index < -0.39 is 0 Å². The SMILES string of the molecule is COc1ccc(OCCNc2ccc(OCCCc3ccccc3)cc2)cc1. The summed E-state index contributed by atoms with van der Waals surface area (Å²) >= 11 is 0. The van der Waals surface area contributed by atoms with Gasteiger partial charge in [0.15, 0.2) is 0 Å². The van der Waals surface area contributed by atoms with Gasteiger partial charge in [0.25, 0.3) is 0 Å². The van der Waals surface area contributed by atoms with Crippen molar-refractivity contribution in [3.05, 3.63) is 84.4 Å². The van der Waals surface area contributed by atoms with E-state index in [0.717, 1.165) is 48.9 Å². The molecule has 0 saturated carbocycles. The second kappa shape index (κ2) is 10.9. The van der Waals surface area contributed by atoms with Crippen molar-refractivity contribution >= 4 is 5.69 Å². The van der Waals surface area contributed by atoms with Crippen LogP contribution in [0, 0.1) is 0 Å². The topological polar surface area (TPSA) is 39.7 Å². The van der Waals surface area contributed by atoms with E-state index in [2.05, 4.69) is 29.6 Å². The van der Waals surface area contributed by atoms with Gasteiger partial charge >= 0.3 is 0 Å². The molecule has 0 bridgehead atoms. The molecule has 4 heteroatoms. The molecule has 0 aliphatic rings. The van der Waals surface area contributed by atoms with Gasteiger partial charge in [0.2, 0.25) is 0 Å². The largest absolute Gasteiger partial charge is 0.497 e. The number of anilines is 1. The molecule has 28 heavy (non-hydrogen) atoms. The fourth-order valence-corrected chi connectivity index (χ4v) is 2.82. The van der Waals surface area contributed by atoms with E-state index in [1.54, 1.807) is 7.11 Å². The summed E-state index contributed by atoms with van der Waals surface area (Å²) in [5, 5.41) is 3.35. The zero-order chi connectivity index (χ0) is 19.4. The van der Waals surface area contributed by atoms with Crippen LogP contribution in [0.3, 0.4) is 0 Å². The molecule has 0 aromatic heterocycles. The summed E-state index contributed by atoms with van der Waals surface area (Å²) in [6.07, 6.45) is 2.04. The van der Waals surface area contributed by atoms with E-state index in [4.69, 9.17) is 14.2 Å². The Bertz CT molecular complexity index is 802. The Morgan fingerprint density at radius 1 is 0.679 bits per heavy atom. The molecule has 3 rings (SSSR count). The number of methoxy groups -OCH3 is 1. The molecule has 0 fully saturated rings. The van der Waals surface area contributed by atoms with Gasteiger partial charge in [-0.1, -0.05) is 30.3 Å². The van der Waals surface area contributed by atoms with Crippen molar-refractivity contribution in [3.8, 4) is 17.2 Å². The molecule has 3 aromatic rings. The predicted octanol–water partition coefficient (Wildman–Crippen LogP) is 5.20. The summed E-state index contributed by atoms with van der Waals surface area (Å²) in [5.74, 6) is 2.56. The second-order valence-electron chi connectivity index (χ2n) is 6.41. The van der Waals surface area contributed by atoms with E-state index in [0.29, 0.717) is 6.61 Å². The Kier molecular flexibility index (Phi) is 7.62. The Morgan fingerprint density at radius 2 is 1.29 bits per heavy atom. The number of nitrogens with one attached hydrogen (secondary N) is 1. The average Bonchev–Trinajstić information content (AvgIpc) is 2.76. The molecule has 0 radical (unpaired) electrons. The minimum absolute atomic E-state index is 0.587. The first-order valence-electron chi connectivity index (χ1n) is 9.61. The lowest BCUT2D eigenvalue weighted by atomic mass is 10.1. The number of hydrogen-bond donors (Lipinski definition) is 1. The summed E-state index contributed by atoms with van der Waals surface area (Å²) in [6.45, 7) is 2.03. The molecule has 4 nitrogen and oxygen atoms in total. The highest BCUT2D eigenvalue weighted by molar-refractivity contribution is 5.46. The molecule has 0 unspecified atom stereocenters. The van der Waals surface area contributed by atoms with E-state index in [9.17, 15) is 0 Å². The molecule has 146 valence electrons. The first-order chi connectivity index (χ1) is 13.8. The highest BCUT2D eigenvalue weighted by atomic mass is 16.5. The molecule has 0 amide bonds. The van der Waals surface area contributed by atoms with Gasteiger partial charge in [0.1, 0.15) is 23.9 Å². The van der Waals surface area contributed by atoms with Crippen LogP contribution < -0.4 is 19.5 Å². The maximum Gasteiger partial charge on any atom is 0.119 e. The van der Waals surface area contributed by atoms with E-state index in [1.165, 1.54) is 5.56 Å². The smallest absolute Gasteiger partial charge is 0.119 e. The number of hydrogen-bond acceptors (Lipinski definition) is 4. The van der Waals surface area contributed by atoms with E-state index in [1.807, 2.05) is 54.6 Å². The summed E-state index contributed by atoms with van der Waals surface area (Å²) < 4.78 is 16.7. The molecule has 1 N–H and O–H groups in total. The van der Waals surface area contributed by atoms with Crippen molar-refractivity contribution < 1.29 is 14.2 Å². The zero-order valence-corrected chi connectivity index (χ0v) is 16.3. The third-order valence-corrected chi connectivity index (χ3v) is 4.34. The van der Waals surface area contributed by atoms with Crippen LogP contribution in [0.25, 0.3) is 0 Å².